The fourth-order valence-electron chi connectivity index (χ4n) is 3.89. The predicted molar refractivity (Wildman–Crippen MR) is 98.9 cm³/mol. The number of hydrogen-bond acceptors (Lipinski definition) is 2. The summed E-state index contributed by atoms with van der Waals surface area (Å²) in [5.41, 5.74) is 3.05. The summed E-state index contributed by atoms with van der Waals surface area (Å²) >= 11 is 9.94. The van der Waals surface area contributed by atoms with Crippen LogP contribution in [0.25, 0.3) is 0 Å². The third-order valence-corrected chi connectivity index (χ3v) is 5.72. The van der Waals surface area contributed by atoms with Crippen LogP contribution in [0.3, 0.4) is 0 Å². The molecule has 2 aromatic rings. The van der Waals surface area contributed by atoms with E-state index < -0.39 is 5.97 Å². The van der Waals surface area contributed by atoms with E-state index in [-0.39, 0.29) is 17.9 Å². The highest BCUT2D eigenvalue weighted by Gasteiger charge is 2.40. The Bertz CT molecular complexity index is 864. The van der Waals surface area contributed by atoms with Gasteiger partial charge in [0.2, 0.25) is 0 Å². The van der Waals surface area contributed by atoms with E-state index in [0.29, 0.717) is 10.6 Å². The Kier molecular flexibility index (Phi) is 3.89. The van der Waals surface area contributed by atoms with E-state index in [1.54, 1.807) is 12.1 Å². The van der Waals surface area contributed by atoms with Crippen LogP contribution in [0.4, 0.5) is 5.69 Å². The number of anilines is 1. The molecule has 1 aliphatic carbocycles. The van der Waals surface area contributed by atoms with E-state index in [2.05, 4.69) is 45.5 Å². The van der Waals surface area contributed by atoms with Gasteiger partial charge in [0.25, 0.3) is 0 Å². The summed E-state index contributed by atoms with van der Waals surface area (Å²) in [7, 11) is 0. The zero-order valence-corrected chi connectivity index (χ0v) is 15.0. The van der Waals surface area contributed by atoms with Gasteiger partial charge in [-0.2, -0.15) is 0 Å². The highest BCUT2D eigenvalue weighted by molar-refractivity contribution is 9.10. The molecular weight excluding hydrogens is 390 g/mol. The third kappa shape index (κ3) is 2.45. The lowest BCUT2D eigenvalue weighted by molar-refractivity contribution is 0.0695. The summed E-state index contributed by atoms with van der Waals surface area (Å²) in [5.74, 6) is -0.567. The van der Waals surface area contributed by atoms with Gasteiger partial charge in [-0.15, -0.1) is 0 Å². The molecule has 3 nitrogen and oxygen atoms in total. The summed E-state index contributed by atoms with van der Waals surface area (Å²) < 4.78 is 1.03. The number of benzene rings is 2. The molecule has 2 aromatic carbocycles. The van der Waals surface area contributed by atoms with E-state index in [4.69, 9.17) is 11.6 Å². The Balaban J connectivity index is 1.88. The van der Waals surface area contributed by atoms with Crippen LogP contribution in [0.2, 0.25) is 5.02 Å². The van der Waals surface area contributed by atoms with Crippen LogP contribution >= 0.6 is 27.5 Å². The number of halogens is 2. The first kappa shape index (κ1) is 15.7. The Morgan fingerprint density at radius 2 is 2.12 bits per heavy atom. The molecule has 122 valence electrons. The molecule has 0 aromatic heterocycles. The van der Waals surface area contributed by atoms with E-state index in [9.17, 15) is 9.90 Å². The zero-order valence-electron chi connectivity index (χ0n) is 12.7. The van der Waals surface area contributed by atoms with Crippen molar-refractivity contribution in [3.05, 3.63) is 74.7 Å². The van der Waals surface area contributed by atoms with Crippen LogP contribution in [0.15, 0.2) is 53.0 Å². The van der Waals surface area contributed by atoms with E-state index in [0.717, 1.165) is 22.1 Å². The van der Waals surface area contributed by atoms with Gasteiger partial charge in [0.05, 0.1) is 22.3 Å². The smallest absolute Gasteiger partial charge is 0.336 e. The molecule has 1 aliphatic heterocycles. The predicted octanol–water partition coefficient (Wildman–Crippen LogP) is 5.63. The minimum absolute atomic E-state index is 0.0648. The van der Waals surface area contributed by atoms with Gasteiger partial charge < -0.3 is 10.4 Å². The number of nitrogens with one attached hydrogen (secondary N) is 1. The second-order valence-corrected chi connectivity index (χ2v) is 7.54. The first-order valence-corrected chi connectivity index (χ1v) is 8.97. The molecule has 3 atom stereocenters. The van der Waals surface area contributed by atoms with Gasteiger partial charge in [0, 0.05) is 10.4 Å². The summed E-state index contributed by atoms with van der Waals surface area (Å²) in [6, 6.07) is 11.6. The molecule has 4 rings (SSSR count). The van der Waals surface area contributed by atoms with Gasteiger partial charge >= 0.3 is 5.97 Å². The molecule has 0 amide bonds. The molecule has 24 heavy (non-hydrogen) atoms. The Labute approximate surface area is 153 Å². The van der Waals surface area contributed by atoms with E-state index >= 15 is 0 Å². The van der Waals surface area contributed by atoms with Gasteiger partial charge in [0.1, 0.15) is 0 Å². The van der Waals surface area contributed by atoms with Crippen molar-refractivity contribution < 1.29 is 9.90 Å². The van der Waals surface area contributed by atoms with Crippen molar-refractivity contribution in [2.45, 2.75) is 18.4 Å². The van der Waals surface area contributed by atoms with Crippen LogP contribution in [0.5, 0.6) is 0 Å². The SMILES string of the molecule is O=C(O)c1ccc(Cl)c2c1C1C=CCC1[C@@H](c1cccc(Br)c1)N2. The molecule has 0 saturated carbocycles. The van der Waals surface area contributed by atoms with Gasteiger partial charge in [-0.3, -0.25) is 0 Å². The first-order valence-electron chi connectivity index (χ1n) is 7.80. The number of carboxylic acid groups (broad SMARTS) is 1. The topological polar surface area (TPSA) is 49.3 Å². The average Bonchev–Trinajstić information content (AvgIpc) is 3.04. The number of hydrogen-bond donors (Lipinski definition) is 2. The van der Waals surface area contributed by atoms with E-state index in [1.807, 2.05) is 12.1 Å². The van der Waals surface area contributed by atoms with Gasteiger partial charge in [-0.05, 0) is 47.7 Å². The lowest BCUT2D eigenvalue weighted by Gasteiger charge is -2.38. The van der Waals surface area contributed by atoms with Crippen molar-refractivity contribution in [2.24, 2.45) is 5.92 Å². The van der Waals surface area contributed by atoms with Gasteiger partial charge in [0.15, 0.2) is 0 Å². The van der Waals surface area contributed by atoms with Gasteiger partial charge in [-0.1, -0.05) is 51.8 Å². The van der Waals surface area contributed by atoms with Crippen molar-refractivity contribution in [1.82, 2.24) is 0 Å². The monoisotopic (exact) mass is 403 g/mol. The van der Waals surface area contributed by atoms with Gasteiger partial charge in [-0.25, -0.2) is 4.79 Å². The number of carbonyl (C=O) groups is 1. The maximum atomic E-state index is 11.7. The highest BCUT2D eigenvalue weighted by atomic mass is 79.9. The fraction of sp³-hybridized carbons (Fsp3) is 0.211. The fourth-order valence-corrected chi connectivity index (χ4v) is 4.53. The van der Waals surface area contributed by atoms with E-state index in [1.165, 1.54) is 5.56 Å². The van der Waals surface area contributed by atoms with Crippen LogP contribution in [0.1, 0.15) is 39.9 Å². The molecule has 2 unspecified atom stereocenters. The second-order valence-electron chi connectivity index (χ2n) is 6.22. The maximum Gasteiger partial charge on any atom is 0.336 e. The lowest BCUT2D eigenvalue weighted by Crippen LogP contribution is -2.30. The standard InChI is InChI=1S/C19H15BrClNO2/c20-11-4-1-3-10(9-11)17-13-6-2-5-12(13)16-14(19(23)24)7-8-15(21)18(16)22-17/h1-5,7-9,12-13,17,22H,6H2,(H,23,24)/t12?,13?,17-/m1/s1. The third-order valence-electron chi connectivity index (χ3n) is 4.91. The Morgan fingerprint density at radius 3 is 2.88 bits per heavy atom. The second kappa shape index (κ2) is 5.94. The molecule has 0 saturated heterocycles. The summed E-state index contributed by atoms with van der Waals surface area (Å²) in [6.45, 7) is 0. The zero-order chi connectivity index (χ0) is 16.8. The molecule has 2 aliphatic rings. The van der Waals surface area contributed by atoms with Crippen molar-refractivity contribution in [2.75, 3.05) is 5.32 Å². The Morgan fingerprint density at radius 1 is 1.29 bits per heavy atom. The number of fused-ring (bicyclic) bond motifs is 3. The lowest BCUT2D eigenvalue weighted by atomic mass is 9.75. The molecule has 2 N–H and O–H groups in total. The van der Waals surface area contributed by atoms with Crippen molar-refractivity contribution in [3.8, 4) is 0 Å². The summed E-state index contributed by atoms with van der Waals surface area (Å²) in [6.07, 6.45) is 5.18. The quantitative estimate of drug-likeness (QED) is 0.638. The molecule has 0 fully saturated rings. The minimum atomic E-state index is -0.912. The molecular formula is C19H15BrClNO2. The highest BCUT2D eigenvalue weighted by Crippen LogP contribution is 2.52. The van der Waals surface area contributed by atoms with Crippen LogP contribution < -0.4 is 5.32 Å². The normalized spacial score (nSPS) is 24.2. The minimum Gasteiger partial charge on any atom is -0.478 e. The van der Waals surface area contributed by atoms with Crippen LogP contribution in [0, 0.1) is 5.92 Å². The molecule has 0 bridgehead atoms. The Hall–Kier alpha value is -1.78. The number of carboxylic acids is 1. The first-order chi connectivity index (χ1) is 11.6. The number of aromatic carboxylic acids is 1. The van der Waals surface area contributed by atoms with Crippen molar-refractivity contribution in [3.63, 3.8) is 0 Å². The molecule has 0 radical (unpaired) electrons. The summed E-state index contributed by atoms with van der Waals surface area (Å²) in [4.78, 5) is 11.7. The number of rotatable bonds is 2. The molecule has 0 spiro atoms. The maximum absolute atomic E-state index is 11.7. The van der Waals surface area contributed by atoms with Crippen LogP contribution in [-0.4, -0.2) is 11.1 Å². The molecule has 1 heterocycles. The largest absolute Gasteiger partial charge is 0.478 e. The summed E-state index contributed by atoms with van der Waals surface area (Å²) in [5, 5.41) is 13.7. The van der Waals surface area contributed by atoms with Crippen molar-refractivity contribution in [1.29, 1.82) is 0 Å². The average molecular weight is 405 g/mol. The van der Waals surface area contributed by atoms with Crippen LogP contribution in [-0.2, 0) is 0 Å². The van der Waals surface area contributed by atoms with Crippen molar-refractivity contribution >= 4 is 39.2 Å². The number of allylic oxidation sites excluding steroid dienone is 2. The molecule has 5 heteroatoms.